The fourth-order valence-electron chi connectivity index (χ4n) is 3.82. The Morgan fingerprint density at radius 2 is 1.72 bits per heavy atom. The van der Waals surface area contributed by atoms with Gasteiger partial charge in [0.05, 0.1) is 22.2 Å². The molecule has 0 aromatic heterocycles. The molecule has 2 amide bonds. The molecule has 4 N–H and O–H groups in total. The number of carbonyl (C=O) groups is 2. The molecule has 1 aliphatic carbocycles. The first kappa shape index (κ1) is 26.2. The Bertz CT molecular complexity index is 1410. The monoisotopic (exact) mass is 569 g/mol. The number of alkyl halides is 2. The molecule has 5 nitrogen and oxygen atoms in total. The van der Waals surface area contributed by atoms with Crippen LogP contribution < -0.4 is 16.4 Å². The lowest BCUT2D eigenvalue weighted by Crippen LogP contribution is -2.18. The van der Waals surface area contributed by atoms with Gasteiger partial charge in [0.1, 0.15) is 15.8 Å². The van der Waals surface area contributed by atoms with Gasteiger partial charge in [0.15, 0.2) is 5.82 Å². The number of anilines is 3. The van der Waals surface area contributed by atoms with E-state index >= 15 is 0 Å². The van der Waals surface area contributed by atoms with Crippen LogP contribution in [0.2, 0.25) is 10.0 Å². The second-order valence-electron chi connectivity index (χ2n) is 8.08. The molecule has 0 spiro atoms. The lowest BCUT2D eigenvalue weighted by Gasteiger charge is -2.11. The third-order valence-corrected chi connectivity index (χ3v) is 7.39. The molecule has 36 heavy (non-hydrogen) atoms. The highest BCUT2D eigenvalue weighted by Gasteiger charge is 2.67. The number of amides is 2. The van der Waals surface area contributed by atoms with Crippen molar-refractivity contribution in [3.8, 4) is 0 Å². The molecule has 0 radical (unpaired) electrons. The van der Waals surface area contributed by atoms with Gasteiger partial charge >= 0.3 is 0 Å². The van der Waals surface area contributed by atoms with E-state index in [1.165, 1.54) is 18.2 Å². The number of hydrogen-bond acceptors (Lipinski definition) is 3. The van der Waals surface area contributed by atoms with E-state index in [2.05, 4.69) is 17.2 Å². The highest BCUT2D eigenvalue weighted by atomic mass is 35.5. The molecule has 1 fully saturated rings. The fraction of sp³-hybridized carbons (Fsp3) is 0.120. The second kappa shape index (κ2) is 9.90. The highest BCUT2D eigenvalue weighted by molar-refractivity contribution is 6.53. The van der Waals surface area contributed by atoms with Crippen molar-refractivity contribution in [3.05, 3.63) is 93.5 Å². The summed E-state index contributed by atoms with van der Waals surface area (Å²) in [5.41, 5.74) is 5.84. The summed E-state index contributed by atoms with van der Waals surface area (Å²) >= 11 is 25.2. The smallest absolute Gasteiger partial charge is 0.257 e. The van der Waals surface area contributed by atoms with Crippen LogP contribution in [0.15, 0.2) is 55.1 Å². The summed E-state index contributed by atoms with van der Waals surface area (Å²) in [5, 5.41) is 5.44. The molecule has 0 saturated heterocycles. The summed E-state index contributed by atoms with van der Waals surface area (Å²) < 4.78 is 26.2. The van der Waals surface area contributed by atoms with E-state index in [1.54, 1.807) is 24.3 Å². The molecule has 2 unspecified atom stereocenters. The van der Waals surface area contributed by atoms with E-state index < -0.39 is 45.3 Å². The zero-order valence-corrected chi connectivity index (χ0v) is 21.2. The van der Waals surface area contributed by atoms with Crippen molar-refractivity contribution in [1.82, 2.24) is 0 Å². The number of carbonyl (C=O) groups excluding carboxylic acids is 2. The number of nitrogen functional groups attached to an aromatic ring is 1. The largest absolute Gasteiger partial charge is 0.394 e. The van der Waals surface area contributed by atoms with Crippen LogP contribution in [0, 0.1) is 17.6 Å². The Morgan fingerprint density at radius 3 is 2.39 bits per heavy atom. The van der Waals surface area contributed by atoms with E-state index in [9.17, 15) is 18.4 Å². The molecular weight excluding hydrogens is 554 g/mol. The maximum atomic E-state index is 14.2. The molecule has 3 aromatic carbocycles. The summed E-state index contributed by atoms with van der Waals surface area (Å²) in [5.74, 6) is -4.67. The number of rotatable bonds is 6. The van der Waals surface area contributed by atoms with Crippen molar-refractivity contribution in [1.29, 1.82) is 0 Å². The lowest BCUT2D eigenvalue weighted by atomic mass is 10.1. The molecule has 1 saturated carbocycles. The molecule has 0 heterocycles. The van der Waals surface area contributed by atoms with Crippen LogP contribution >= 0.6 is 46.4 Å². The quantitative estimate of drug-likeness (QED) is 0.215. The zero-order valence-electron chi connectivity index (χ0n) is 18.2. The van der Waals surface area contributed by atoms with Gasteiger partial charge in [0.2, 0.25) is 5.91 Å². The van der Waals surface area contributed by atoms with Gasteiger partial charge in [-0.05, 0) is 47.5 Å². The maximum Gasteiger partial charge on any atom is 0.257 e. The lowest BCUT2D eigenvalue weighted by molar-refractivity contribution is -0.117. The first-order chi connectivity index (χ1) is 16.9. The minimum atomic E-state index is -1.37. The highest BCUT2D eigenvalue weighted by Crippen LogP contribution is 2.65. The number of nitrogens with two attached hydrogens (primary N) is 1. The first-order valence-corrected chi connectivity index (χ1v) is 11.9. The van der Waals surface area contributed by atoms with Crippen LogP contribution in [0.1, 0.15) is 27.4 Å². The SMILES string of the molecule is C=Cc1ccc(C2C(C(=O)Nc3ccc(Cl)c(C(=O)Nc4ccc(F)c(N)c4F)c3)C2(Cl)Cl)cc1Cl. The van der Waals surface area contributed by atoms with Gasteiger partial charge in [-0.3, -0.25) is 9.59 Å². The summed E-state index contributed by atoms with van der Waals surface area (Å²) in [6, 6.07) is 11.3. The van der Waals surface area contributed by atoms with Crippen LogP contribution in [0.3, 0.4) is 0 Å². The van der Waals surface area contributed by atoms with Crippen LogP contribution in [0.5, 0.6) is 0 Å². The van der Waals surface area contributed by atoms with E-state index in [0.29, 0.717) is 10.6 Å². The predicted molar refractivity (Wildman–Crippen MR) is 141 cm³/mol. The fourth-order valence-corrected chi connectivity index (χ4v) is 5.12. The Kier molecular flexibility index (Phi) is 7.21. The maximum absolute atomic E-state index is 14.2. The van der Waals surface area contributed by atoms with Crippen molar-refractivity contribution >= 4 is 81.4 Å². The molecule has 186 valence electrons. The number of nitrogens with one attached hydrogen (secondary N) is 2. The molecule has 0 bridgehead atoms. The van der Waals surface area contributed by atoms with Gasteiger partial charge in [-0.25, -0.2) is 8.78 Å². The zero-order chi connectivity index (χ0) is 26.4. The predicted octanol–water partition coefficient (Wildman–Crippen LogP) is 7.28. The van der Waals surface area contributed by atoms with Gasteiger partial charge in [0, 0.05) is 16.6 Å². The van der Waals surface area contributed by atoms with Crippen molar-refractivity contribution in [3.63, 3.8) is 0 Å². The molecule has 3 aromatic rings. The third-order valence-electron chi connectivity index (χ3n) is 5.79. The summed E-state index contributed by atoms with van der Waals surface area (Å²) in [4.78, 5) is 25.7. The van der Waals surface area contributed by atoms with E-state index in [4.69, 9.17) is 52.1 Å². The molecule has 2 atom stereocenters. The van der Waals surface area contributed by atoms with Crippen LogP contribution in [0.25, 0.3) is 6.08 Å². The molecular formula is C25H17Cl4F2N3O2. The molecule has 11 heteroatoms. The average Bonchev–Trinajstić information content (AvgIpc) is 3.42. The van der Waals surface area contributed by atoms with E-state index in [0.717, 1.165) is 17.7 Å². The van der Waals surface area contributed by atoms with Gasteiger partial charge in [-0.1, -0.05) is 48.0 Å². The number of benzene rings is 3. The standard InChI is InChI=1S/C25H17Cl4F2N3O2/c1-2-11-3-4-12(9-16(11)27)19-20(25(19,28)29)24(36)33-13-5-6-15(26)14(10-13)23(35)34-18-8-7-17(30)22(32)21(18)31/h2-10,19-20H,1,32H2,(H,33,36)(H,34,35). The minimum absolute atomic E-state index is 0.0336. The van der Waals surface area contributed by atoms with E-state index in [1.807, 2.05) is 0 Å². The van der Waals surface area contributed by atoms with E-state index in [-0.39, 0.29) is 22.0 Å². The Hall–Kier alpha value is -2.84. The normalized spacial score (nSPS) is 17.8. The topological polar surface area (TPSA) is 84.2 Å². The Balaban J connectivity index is 1.52. The van der Waals surface area contributed by atoms with Crippen LogP contribution in [0.4, 0.5) is 25.8 Å². The molecule has 1 aliphatic rings. The van der Waals surface area contributed by atoms with Crippen LogP contribution in [-0.4, -0.2) is 16.1 Å². The van der Waals surface area contributed by atoms with Crippen molar-refractivity contribution in [2.45, 2.75) is 10.3 Å². The van der Waals surface area contributed by atoms with Gasteiger partial charge in [-0.15, -0.1) is 23.2 Å². The van der Waals surface area contributed by atoms with Gasteiger partial charge < -0.3 is 16.4 Å². The summed E-state index contributed by atoms with van der Waals surface area (Å²) in [6.07, 6.45) is 1.60. The van der Waals surface area contributed by atoms with Gasteiger partial charge in [0.25, 0.3) is 5.91 Å². The van der Waals surface area contributed by atoms with Gasteiger partial charge in [-0.2, -0.15) is 0 Å². The van der Waals surface area contributed by atoms with Crippen molar-refractivity contribution in [2.75, 3.05) is 16.4 Å². The number of halogens is 6. The third kappa shape index (κ3) is 4.89. The minimum Gasteiger partial charge on any atom is -0.394 e. The molecule has 0 aliphatic heterocycles. The summed E-state index contributed by atoms with van der Waals surface area (Å²) in [7, 11) is 0. The Labute approximate surface area is 225 Å². The second-order valence-corrected chi connectivity index (χ2v) is 10.3. The average molecular weight is 571 g/mol. The first-order valence-electron chi connectivity index (χ1n) is 10.4. The summed E-state index contributed by atoms with van der Waals surface area (Å²) in [6.45, 7) is 3.68. The van der Waals surface area contributed by atoms with Crippen molar-refractivity contribution in [2.24, 2.45) is 5.92 Å². The molecule has 4 rings (SSSR count). The Morgan fingerprint density at radius 1 is 1.00 bits per heavy atom. The van der Waals surface area contributed by atoms with Crippen LogP contribution in [-0.2, 0) is 4.79 Å². The number of hydrogen-bond donors (Lipinski definition) is 3. The van der Waals surface area contributed by atoms with Crippen molar-refractivity contribution < 1.29 is 18.4 Å².